The fourth-order valence-corrected chi connectivity index (χ4v) is 2.65. The monoisotopic (exact) mass is 388 g/mol. The Balaban J connectivity index is 2.18. The number of Topliss-reactive ketones (excluding diaryl/α,β-unsaturated/α-hetero) is 1. The zero-order chi connectivity index (χ0) is 21.2. The topological polar surface area (TPSA) is 132 Å². The number of anilines is 2. The Morgan fingerprint density at radius 3 is 2.54 bits per heavy atom. The standard InChI is InChI=1S/C18H24N6O4/c1-10-6-7-20-12(8-10)21-13(25)9-22(3)11(2)15(26)14-16(19)23(4)18(28)24(5)17(14)27/h6-8,11H,9,19H2,1-5H3,(H,20,21,25). The van der Waals surface area contributed by atoms with Crippen molar-refractivity contribution in [2.24, 2.45) is 14.1 Å². The molecule has 0 saturated heterocycles. The second-order valence-corrected chi connectivity index (χ2v) is 6.69. The quantitative estimate of drug-likeness (QED) is 0.638. The van der Waals surface area contributed by atoms with Crippen LogP contribution in [0, 0.1) is 6.92 Å². The Kier molecular flexibility index (Phi) is 6.14. The van der Waals surface area contributed by atoms with Crippen molar-refractivity contribution in [2.45, 2.75) is 19.9 Å². The summed E-state index contributed by atoms with van der Waals surface area (Å²) in [6.45, 7) is 3.33. The summed E-state index contributed by atoms with van der Waals surface area (Å²) in [7, 11) is 4.23. The van der Waals surface area contributed by atoms with Crippen LogP contribution >= 0.6 is 0 Å². The van der Waals surface area contributed by atoms with Crippen molar-refractivity contribution >= 4 is 23.3 Å². The minimum atomic E-state index is -0.816. The molecule has 0 aliphatic carbocycles. The van der Waals surface area contributed by atoms with Gasteiger partial charge in [-0.15, -0.1) is 0 Å². The lowest BCUT2D eigenvalue weighted by molar-refractivity contribution is -0.117. The minimum Gasteiger partial charge on any atom is -0.384 e. The summed E-state index contributed by atoms with van der Waals surface area (Å²) in [6, 6.07) is 2.71. The Labute approximate surface area is 161 Å². The second-order valence-electron chi connectivity index (χ2n) is 6.69. The largest absolute Gasteiger partial charge is 0.384 e. The number of nitrogens with one attached hydrogen (secondary N) is 1. The fraction of sp³-hybridized carbons (Fsp3) is 0.389. The number of nitrogens with two attached hydrogens (primary N) is 1. The molecule has 0 aliphatic rings. The molecule has 0 radical (unpaired) electrons. The molecular formula is C18H24N6O4. The van der Waals surface area contributed by atoms with Crippen LogP contribution in [0.2, 0.25) is 0 Å². The Hall–Kier alpha value is -3.27. The highest BCUT2D eigenvalue weighted by Crippen LogP contribution is 2.11. The molecule has 0 aliphatic heterocycles. The number of carbonyl (C=O) groups excluding carboxylic acids is 2. The smallest absolute Gasteiger partial charge is 0.332 e. The van der Waals surface area contributed by atoms with Gasteiger partial charge in [0.05, 0.1) is 12.6 Å². The van der Waals surface area contributed by atoms with E-state index in [9.17, 15) is 19.2 Å². The number of aryl methyl sites for hydroxylation is 1. The van der Waals surface area contributed by atoms with E-state index in [1.807, 2.05) is 6.92 Å². The molecule has 10 heteroatoms. The average Bonchev–Trinajstić information content (AvgIpc) is 2.64. The minimum absolute atomic E-state index is 0.103. The average molecular weight is 388 g/mol. The number of aromatic nitrogens is 3. The molecular weight excluding hydrogens is 364 g/mol. The maximum Gasteiger partial charge on any atom is 0.332 e. The first-order valence-electron chi connectivity index (χ1n) is 8.57. The number of hydrogen-bond donors (Lipinski definition) is 2. The van der Waals surface area contributed by atoms with Gasteiger partial charge in [-0.3, -0.25) is 28.4 Å². The van der Waals surface area contributed by atoms with E-state index in [0.717, 1.165) is 14.7 Å². The molecule has 150 valence electrons. The van der Waals surface area contributed by atoms with Crippen LogP contribution in [0.5, 0.6) is 0 Å². The third-order valence-corrected chi connectivity index (χ3v) is 4.57. The summed E-state index contributed by atoms with van der Waals surface area (Å²) in [4.78, 5) is 54.9. The lowest BCUT2D eigenvalue weighted by Gasteiger charge is -2.23. The number of nitrogen functional groups attached to an aromatic ring is 1. The summed E-state index contributed by atoms with van der Waals surface area (Å²) in [5, 5.41) is 2.66. The van der Waals surface area contributed by atoms with Gasteiger partial charge >= 0.3 is 5.69 Å². The van der Waals surface area contributed by atoms with E-state index in [-0.39, 0.29) is 23.8 Å². The third-order valence-electron chi connectivity index (χ3n) is 4.57. The van der Waals surface area contributed by atoms with Crippen molar-refractivity contribution in [3.8, 4) is 0 Å². The van der Waals surface area contributed by atoms with Crippen molar-refractivity contribution in [3.05, 3.63) is 50.3 Å². The molecule has 28 heavy (non-hydrogen) atoms. The summed E-state index contributed by atoms with van der Waals surface area (Å²) >= 11 is 0. The molecule has 0 saturated carbocycles. The van der Waals surface area contributed by atoms with Crippen LogP contribution in [-0.4, -0.2) is 50.3 Å². The highest BCUT2D eigenvalue weighted by Gasteiger charge is 2.27. The predicted molar refractivity (Wildman–Crippen MR) is 105 cm³/mol. The van der Waals surface area contributed by atoms with Crippen LogP contribution in [0.1, 0.15) is 22.8 Å². The molecule has 2 aromatic heterocycles. The van der Waals surface area contributed by atoms with E-state index >= 15 is 0 Å². The number of likely N-dealkylation sites (N-methyl/N-ethyl adjacent to an activating group) is 1. The van der Waals surface area contributed by atoms with Crippen molar-refractivity contribution in [1.29, 1.82) is 0 Å². The van der Waals surface area contributed by atoms with Gasteiger partial charge in [0.2, 0.25) is 5.91 Å². The van der Waals surface area contributed by atoms with Gasteiger partial charge in [-0.05, 0) is 38.6 Å². The summed E-state index contributed by atoms with van der Waals surface area (Å²) in [5.74, 6) is -0.723. The second kappa shape index (κ2) is 8.17. The Morgan fingerprint density at radius 1 is 1.29 bits per heavy atom. The molecule has 10 nitrogen and oxygen atoms in total. The molecule has 1 atom stereocenters. The van der Waals surface area contributed by atoms with Crippen LogP contribution in [0.4, 0.5) is 11.6 Å². The third kappa shape index (κ3) is 4.17. The van der Waals surface area contributed by atoms with Gasteiger partial charge in [0.25, 0.3) is 5.56 Å². The molecule has 3 N–H and O–H groups in total. The van der Waals surface area contributed by atoms with Gasteiger partial charge in [-0.25, -0.2) is 9.78 Å². The fourth-order valence-electron chi connectivity index (χ4n) is 2.65. The van der Waals surface area contributed by atoms with E-state index in [4.69, 9.17) is 5.73 Å². The summed E-state index contributed by atoms with van der Waals surface area (Å²) in [5.41, 5.74) is 5.12. The predicted octanol–water partition coefficient (Wildman–Crippen LogP) is -0.489. The molecule has 2 rings (SSSR count). The first kappa shape index (κ1) is 21.0. The molecule has 2 aromatic rings. The number of pyridine rings is 1. The number of carbonyl (C=O) groups is 2. The zero-order valence-electron chi connectivity index (χ0n) is 16.5. The lowest BCUT2D eigenvalue weighted by Crippen LogP contribution is -2.46. The van der Waals surface area contributed by atoms with E-state index in [2.05, 4.69) is 10.3 Å². The van der Waals surface area contributed by atoms with Gasteiger partial charge < -0.3 is 11.1 Å². The highest BCUT2D eigenvalue weighted by molar-refractivity contribution is 6.03. The maximum absolute atomic E-state index is 12.8. The Morgan fingerprint density at radius 2 is 1.93 bits per heavy atom. The van der Waals surface area contributed by atoms with Gasteiger partial charge in [0, 0.05) is 20.3 Å². The maximum atomic E-state index is 12.8. The number of amides is 1. The van der Waals surface area contributed by atoms with Gasteiger partial charge in [0.1, 0.15) is 17.2 Å². The summed E-state index contributed by atoms with van der Waals surface area (Å²) in [6.07, 6.45) is 1.58. The van der Waals surface area contributed by atoms with Gasteiger partial charge in [-0.2, -0.15) is 0 Å². The van der Waals surface area contributed by atoms with Crippen LogP contribution in [-0.2, 0) is 18.9 Å². The van der Waals surface area contributed by atoms with Crippen LogP contribution in [0.15, 0.2) is 27.9 Å². The lowest BCUT2D eigenvalue weighted by atomic mass is 10.1. The molecule has 0 bridgehead atoms. The van der Waals surface area contributed by atoms with Crippen LogP contribution < -0.4 is 22.3 Å². The van der Waals surface area contributed by atoms with E-state index < -0.39 is 23.1 Å². The SMILES string of the molecule is Cc1ccnc(NC(=O)CN(C)C(C)C(=O)c2c(N)n(C)c(=O)n(C)c2=O)c1. The van der Waals surface area contributed by atoms with Gasteiger partial charge in [-0.1, -0.05) is 0 Å². The highest BCUT2D eigenvalue weighted by atomic mass is 16.2. The molecule has 0 fully saturated rings. The Bertz CT molecular complexity index is 1040. The first-order chi connectivity index (χ1) is 13.0. The van der Waals surface area contributed by atoms with Crippen molar-refractivity contribution in [3.63, 3.8) is 0 Å². The zero-order valence-corrected chi connectivity index (χ0v) is 16.5. The van der Waals surface area contributed by atoms with Crippen molar-refractivity contribution in [2.75, 3.05) is 24.6 Å². The van der Waals surface area contributed by atoms with Crippen molar-refractivity contribution < 1.29 is 9.59 Å². The van der Waals surface area contributed by atoms with Crippen LogP contribution in [0.25, 0.3) is 0 Å². The van der Waals surface area contributed by atoms with Crippen molar-refractivity contribution in [1.82, 2.24) is 19.0 Å². The van der Waals surface area contributed by atoms with E-state index in [0.29, 0.717) is 5.82 Å². The number of ketones is 1. The van der Waals surface area contributed by atoms with Gasteiger partial charge in [0.15, 0.2) is 5.78 Å². The molecule has 1 unspecified atom stereocenters. The molecule has 0 spiro atoms. The molecule has 0 aromatic carbocycles. The van der Waals surface area contributed by atoms with E-state index in [1.165, 1.54) is 19.0 Å². The van der Waals surface area contributed by atoms with E-state index in [1.54, 1.807) is 32.3 Å². The normalized spacial score (nSPS) is 12.1. The number of rotatable bonds is 6. The summed E-state index contributed by atoms with van der Waals surface area (Å²) < 4.78 is 1.86. The molecule has 2 heterocycles. The number of nitrogens with zero attached hydrogens (tertiary/aromatic N) is 4. The molecule has 1 amide bonds. The first-order valence-corrected chi connectivity index (χ1v) is 8.57. The van der Waals surface area contributed by atoms with Crippen LogP contribution in [0.3, 0.4) is 0 Å². The number of hydrogen-bond acceptors (Lipinski definition) is 7.